The van der Waals surface area contributed by atoms with Crippen LogP contribution in [0.2, 0.25) is 0 Å². The van der Waals surface area contributed by atoms with Gasteiger partial charge in [-0.25, -0.2) is 9.97 Å². The van der Waals surface area contributed by atoms with E-state index in [-0.39, 0.29) is 0 Å². The topological polar surface area (TPSA) is 55.6 Å². The molecule has 0 spiro atoms. The van der Waals surface area contributed by atoms with Crippen molar-refractivity contribution in [1.82, 2.24) is 19.5 Å². The van der Waals surface area contributed by atoms with E-state index in [1.165, 1.54) is 24.2 Å². The molecule has 0 fully saturated rings. The molecule has 0 amide bonds. The van der Waals surface area contributed by atoms with Gasteiger partial charge in [0.05, 0.1) is 18.1 Å². The van der Waals surface area contributed by atoms with Crippen LogP contribution in [0.15, 0.2) is 18.7 Å². The molecule has 2 heterocycles. The summed E-state index contributed by atoms with van der Waals surface area (Å²) in [5.41, 5.74) is 2.52. The van der Waals surface area contributed by atoms with E-state index in [9.17, 15) is 0 Å². The Balaban J connectivity index is 1.91. The summed E-state index contributed by atoms with van der Waals surface area (Å²) in [5.74, 6) is 1.69. The third kappa shape index (κ3) is 2.45. The molecular weight excluding hydrogens is 238 g/mol. The highest BCUT2D eigenvalue weighted by Gasteiger charge is 2.16. The van der Waals surface area contributed by atoms with Gasteiger partial charge in [0.25, 0.3) is 0 Å². The summed E-state index contributed by atoms with van der Waals surface area (Å²) in [6.07, 6.45) is 11.2. The van der Waals surface area contributed by atoms with Crippen molar-refractivity contribution in [2.75, 3.05) is 11.9 Å². The number of hydrogen-bond acceptors (Lipinski definition) is 4. The lowest BCUT2D eigenvalue weighted by atomic mass is 10.0. The minimum Gasteiger partial charge on any atom is -0.369 e. The van der Waals surface area contributed by atoms with Crippen LogP contribution in [0.4, 0.5) is 5.82 Å². The molecule has 3 rings (SSSR count). The standard InChI is InChI=1S/C14H19N5/c1-2-7-16-13-8-15-9-14(18-13)19-10-17-11-5-3-4-6-12(11)19/h8-10H,2-7H2,1H3,(H,16,18). The zero-order valence-electron chi connectivity index (χ0n) is 11.3. The smallest absolute Gasteiger partial charge is 0.159 e. The van der Waals surface area contributed by atoms with Gasteiger partial charge in [0.15, 0.2) is 5.82 Å². The molecular formula is C14H19N5. The number of aromatic nitrogens is 4. The Labute approximate surface area is 113 Å². The molecule has 5 heteroatoms. The van der Waals surface area contributed by atoms with Gasteiger partial charge in [0.2, 0.25) is 0 Å². The van der Waals surface area contributed by atoms with Crippen molar-refractivity contribution >= 4 is 5.82 Å². The number of nitrogens with zero attached hydrogens (tertiary/aromatic N) is 4. The summed E-state index contributed by atoms with van der Waals surface area (Å²) < 4.78 is 2.08. The van der Waals surface area contributed by atoms with Gasteiger partial charge in [-0.15, -0.1) is 0 Å². The number of nitrogens with one attached hydrogen (secondary N) is 1. The molecule has 2 aromatic heterocycles. The second kappa shape index (κ2) is 5.38. The van der Waals surface area contributed by atoms with E-state index < -0.39 is 0 Å². The van der Waals surface area contributed by atoms with Crippen LogP contribution in [0.5, 0.6) is 0 Å². The SMILES string of the molecule is CCCNc1cncc(-n2cnc3c2CCCC3)n1. The average molecular weight is 257 g/mol. The van der Waals surface area contributed by atoms with E-state index >= 15 is 0 Å². The zero-order valence-corrected chi connectivity index (χ0v) is 11.3. The molecule has 2 aromatic rings. The van der Waals surface area contributed by atoms with Crippen molar-refractivity contribution in [2.24, 2.45) is 0 Å². The second-order valence-corrected chi connectivity index (χ2v) is 4.90. The number of hydrogen-bond donors (Lipinski definition) is 1. The maximum Gasteiger partial charge on any atom is 0.159 e. The van der Waals surface area contributed by atoms with Crippen molar-refractivity contribution in [1.29, 1.82) is 0 Å². The summed E-state index contributed by atoms with van der Waals surface area (Å²) >= 11 is 0. The summed E-state index contributed by atoms with van der Waals surface area (Å²) in [4.78, 5) is 13.4. The molecule has 19 heavy (non-hydrogen) atoms. The zero-order chi connectivity index (χ0) is 13.1. The Bertz CT molecular complexity index is 561. The van der Waals surface area contributed by atoms with E-state index in [0.717, 1.165) is 37.4 Å². The predicted molar refractivity (Wildman–Crippen MR) is 74.6 cm³/mol. The first-order chi connectivity index (χ1) is 9.38. The Morgan fingerprint density at radius 3 is 3.05 bits per heavy atom. The normalized spacial score (nSPS) is 14.2. The van der Waals surface area contributed by atoms with Gasteiger partial charge in [0, 0.05) is 12.2 Å². The second-order valence-electron chi connectivity index (χ2n) is 4.90. The van der Waals surface area contributed by atoms with E-state index in [1.807, 2.05) is 6.33 Å². The fraction of sp³-hybridized carbons (Fsp3) is 0.500. The minimum absolute atomic E-state index is 0.831. The van der Waals surface area contributed by atoms with Crippen LogP contribution in [0.1, 0.15) is 37.6 Å². The molecule has 0 unspecified atom stereocenters. The largest absolute Gasteiger partial charge is 0.369 e. The highest BCUT2D eigenvalue weighted by molar-refractivity contribution is 5.37. The molecule has 0 aromatic carbocycles. The molecule has 1 aliphatic carbocycles. The monoisotopic (exact) mass is 257 g/mol. The van der Waals surface area contributed by atoms with Crippen LogP contribution in [0.25, 0.3) is 5.82 Å². The number of imidazole rings is 1. The first-order valence-corrected chi connectivity index (χ1v) is 7.00. The van der Waals surface area contributed by atoms with Gasteiger partial charge in [-0.1, -0.05) is 6.92 Å². The fourth-order valence-electron chi connectivity index (χ4n) is 2.48. The molecule has 100 valence electrons. The summed E-state index contributed by atoms with van der Waals surface area (Å²) in [7, 11) is 0. The van der Waals surface area contributed by atoms with Crippen molar-refractivity contribution < 1.29 is 0 Å². The van der Waals surface area contributed by atoms with Gasteiger partial charge in [-0.2, -0.15) is 0 Å². The number of anilines is 1. The van der Waals surface area contributed by atoms with Crippen LogP contribution in [0, 0.1) is 0 Å². The summed E-state index contributed by atoms with van der Waals surface area (Å²) in [5, 5.41) is 3.27. The van der Waals surface area contributed by atoms with E-state index in [1.54, 1.807) is 12.4 Å². The van der Waals surface area contributed by atoms with Gasteiger partial charge in [-0.05, 0) is 32.1 Å². The maximum absolute atomic E-state index is 4.61. The maximum atomic E-state index is 4.61. The van der Waals surface area contributed by atoms with E-state index in [4.69, 9.17) is 0 Å². The van der Waals surface area contributed by atoms with Gasteiger partial charge in [0.1, 0.15) is 12.1 Å². The number of rotatable bonds is 4. The first kappa shape index (κ1) is 12.1. The first-order valence-electron chi connectivity index (χ1n) is 7.00. The molecule has 0 bridgehead atoms. The van der Waals surface area contributed by atoms with Gasteiger partial charge in [-0.3, -0.25) is 9.55 Å². The van der Waals surface area contributed by atoms with Crippen LogP contribution < -0.4 is 5.32 Å². The summed E-state index contributed by atoms with van der Waals surface area (Å²) in [6, 6.07) is 0. The van der Waals surface area contributed by atoms with Crippen molar-refractivity contribution in [3.8, 4) is 5.82 Å². The molecule has 5 nitrogen and oxygen atoms in total. The van der Waals surface area contributed by atoms with Crippen LogP contribution in [-0.2, 0) is 12.8 Å². The highest BCUT2D eigenvalue weighted by Crippen LogP contribution is 2.22. The van der Waals surface area contributed by atoms with E-state index in [0.29, 0.717) is 0 Å². The van der Waals surface area contributed by atoms with Crippen molar-refractivity contribution in [2.45, 2.75) is 39.0 Å². The Kier molecular flexibility index (Phi) is 3.44. The summed E-state index contributed by atoms with van der Waals surface area (Å²) in [6.45, 7) is 3.05. The Morgan fingerprint density at radius 1 is 1.26 bits per heavy atom. The molecule has 1 N–H and O–H groups in total. The third-order valence-electron chi connectivity index (χ3n) is 3.45. The average Bonchev–Trinajstić information content (AvgIpc) is 2.89. The van der Waals surface area contributed by atoms with Crippen LogP contribution in [0.3, 0.4) is 0 Å². The quantitative estimate of drug-likeness (QED) is 0.913. The molecule has 0 saturated heterocycles. The van der Waals surface area contributed by atoms with Crippen molar-refractivity contribution in [3.05, 3.63) is 30.1 Å². The van der Waals surface area contributed by atoms with Gasteiger partial charge < -0.3 is 5.32 Å². The van der Waals surface area contributed by atoms with E-state index in [2.05, 4.69) is 31.8 Å². The molecule has 1 aliphatic rings. The van der Waals surface area contributed by atoms with Crippen molar-refractivity contribution in [3.63, 3.8) is 0 Å². The predicted octanol–water partition coefficient (Wildman–Crippen LogP) is 2.36. The lowest BCUT2D eigenvalue weighted by Crippen LogP contribution is -2.10. The van der Waals surface area contributed by atoms with Crippen LogP contribution in [-0.4, -0.2) is 26.1 Å². The Hall–Kier alpha value is -1.91. The lowest BCUT2D eigenvalue weighted by Gasteiger charge is -2.13. The molecule has 0 radical (unpaired) electrons. The molecule has 0 atom stereocenters. The third-order valence-corrected chi connectivity index (χ3v) is 3.45. The molecule has 0 saturated carbocycles. The lowest BCUT2D eigenvalue weighted by molar-refractivity contribution is 0.654. The fourth-order valence-corrected chi connectivity index (χ4v) is 2.48. The van der Waals surface area contributed by atoms with Gasteiger partial charge >= 0.3 is 0 Å². The highest BCUT2D eigenvalue weighted by atomic mass is 15.2. The minimum atomic E-state index is 0.831. The van der Waals surface area contributed by atoms with Crippen LogP contribution >= 0.6 is 0 Å². The molecule has 0 aliphatic heterocycles. The number of fused-ring (bicyclic) bond motifs is 1. The Morgan fingerprint density at radius 2 is 2.16 bits per heavy atom. The number of aryl methyl sites for hydroxylation is 1.